The van der Waals surface area contributed by atoms with Gasteiger partial charge in [0.05, 0.1) is 18.9 Å². The van der Waals surface area contributed by atoms with Crippen molar-refractivity contribution in [3.8, 4) is 5.75 Å². The van der Waals surface area contributed by atoms with Gasteiger partial charge in [-0.2, -0.15) is 0 Å². The molecule has 6 nitrogen and oxygen atoms in total. The van der Waals surface area contributed by atoms with Gasteiger partial charge in [-0.3, -0.25) is 4.79 Å². The van der Waals surface area contributed by atoms with Gasteiger partial charge in [0.1, 0.15) is 5.75 Å². The van der Waals surface area contributed by atoms with Gasteiger partial charge in [-0.15, -0.1) is 0 Å². The molecule has 0 aromatic heterocycles. The second-order valence-corrected chi connectivity index (χ2v) is 3.35. The molecule has 0 aliphatic rings. The molecule has 0 saturated heterocycles. The van der Waals surface area contributed by atoms with Crippen LogP contribution in [0.5, 0.6) is 5.75 Å². The molecule has 0 bridgehead atoms. The van der Waals surface area contributed by atoms with Crippen molar-refractivity contribution in [1.29, 1.82) is 0 Å². The molecule has 5 N–H and O–H groups in total. The fourth-order valence-corrected chi connectivity index (χ4v) is 1.30. The average molecular weight is 238 g/mol. The molecule has 0 fully saturated rings. The quantitative estimate of drug-likeness (QED) is 0.339. The number of phenols is 1. The lowest BCUT2D eigenvalue weighted by atomic mass is 9.86. The molecule has 7 heteroatoms. The van der Waals surface area contributed by atoms with Gasteiger partial charge in [-0.1, -0.05) is 11.5 Å². The summed E-state index contributed by atoms with van der Waals surface area (Å²) in [5.41, 5.74) is 6.08. The molecule has 0 heterocycles. The van der Waals surface area contributed by atoms with E-state index in [2.05, 4.69) is 5.32 Å². The summed E-state index contributed by atoms with van der Waals surface area (Å²) >= 11 is 0. The number of carbonyl (C=O) groups excluding carboxylic acids is 1. The van der Waals surface area contributed by atoms with Crippen molar-refractivity contribution >= 4 is 18.9 Å². The predicted octanol–water partition coefficient (Wildman–Crippen LogP) is -1.98. The number of phenolic OH excluding ortho intramolecular Hbond substituents is 1. The summed E-state index contributed by atoms with van der Waals surface area (Å²) in [7, 11) is 0.275. The monoisotopic (exact) mass is 238 g/mol. The van der Waals surface area contributed by atoms with Crippen LogP contribution in [0.2, 0.25) is 0 Å². The lowest BCUT2D eigenvalue weighted by molar-refractivity contribution is 0.0942. The first kappa shape index (κ1) is 13.5. The Morgan fingerprint density at radius 1 is 1.53 bits per heavy atom. The average Bonchev–Trinajstić information content (AvgIpc) is 2.35. The SMILES string of the molecule is NCOBc1ccc(O)c(C(=O)NCCO)c1. The van der Waals surface area contributed by atoms with Gasteiger partial charge in [0.25, 0.3) is 5.91 Å². The molecule has 1 aromatic rings. The van der Waals surface area contributed by atoms with Gasteiger partial charge in [0, 0.05) is 6.54 Å². The van der Waals surface area contributed by atoms with Crippen LogP contribution < -0.4 is 16.5 Å². The fourth-order valence-electron chi connectivity index (χ4n) is 1.30. The number of carbonyl (C=O) groups is 1. The molecule has 17 heavy (non-hydrogen) atoms. The van der Waals surface area contributed by atoms with Crippen molar-refractivity contribution in [2.75, 3.05) is 19.9 Å². The number of aromatic hydroxyl groups is 1. The molecule has 92 valence electrons. The van der Waals surface area contributed by atoms with Crippen molar-refractivity contribution < 1.29 is 19.7 Å². The molecule has 1 rings (SSSR count). The maximum atomic E-state index is 11.6. The van der Waals surface area contributed by atoms with Crippen LogP contribution in [0.3, 0.4) is 0 Å². The largest absolute Gasteiger partial charge is 0.507 e. The van der Waals surface area contributed by atoms with E-state index < -0.39 is 5.91 Å². The summed E-state index contributed by atoms with van der Waals surface area (Å²) < 4.78 is 5.00. The van der Waals surface area contributed by atoms with E-state index in [0.29, 0.717) is 0 Å². The number of nitrogens with one attached hydrogen (secondary N) is 1. The third-order valence-electron chi connectivity index (χ3n) is 2.09. The Bertz CT molecular complexity index is 387. The maximum absolute atomic E-state index is 11.6. The Kier molecular flexibility index (Phi) is 5.48. The normalized spacial score (nSPS) is 10.0. The molecule has 0 spiro atoms. The molecule has 0 radical (unpaired) electrons. The van der Waals surface area contributed by atoms with Crippen molar-refractivity contribution in [3.05, 3.63) is 23.8 Å². The molecule has 1 aromatic carbocycles. The summed E-state index contributed by atoms with van der Waals surface area (Å²) in [4.78, 5) is 11.6. The topological polar surface area (TPSA) is 105 Å². The summed E-state index contributed by atoms with van der Waals surface area (Å²) in [6, 6.07) is 4.59. The highest BCUT2D eigenvalue weighted by Gasteiger charge is 2.11. The zero-order valence-corrected chi connectivity index (χ0v) is 9.35. The van der Waals surface area contributed by atoms with E-state index in [1.807, 2.05) is 0 Å². The number of amides is 1. The second kappa shape index (κ2) is 6.90. The van der Waals surface area contributed by atoms with Crippen LogP contribution in [0.15, 0.2) is 18.2 Å². The summed E-state index contributed by atoms with van der Waals surface area (Å²) in [6.45, 7) is 0.0806. The maximum Gasteiger partial charge on any atom is 0.310 e. The first-order valence-electron chi connectivity index (χ1n) is 5.17. The van der Waals surface area contributed by atoms with E-state index in [-0.39, 0.29) is 38.7 Å². The molecule has 0 unspecified atom stereocenters. The van der Waals surface area contributed by atoms with E-state index in [4.69, 9.17) is 15.5 Å². The highest BCUT2D eigenvalue weighted by atomic mass is 16.4. The third kappa shape index (κ3) is 4.06. The number of nitrogens with two attached hydrogens (primary N) is 1. The predicted molar refractivity (Wildman–Crippen MR) is 64.4 cm³/mol. The smallest absolute Gasteiger partial charge is 0.310 e. The van der Waals surface area contributed by atoms with E-state index in [1.54, 1.807) is 6.07 Å². The van der Waals surface area contributed by atoms with Gasteiger partial charge in [0.2, 0.25) is 0 Å². The van der Waals surface area contributed by atoms with Gasteiger partial charge in [0.15, 0.2) is 0 Å². The van der Waals surface area contributed by atoms with Crippen LogP contribution in [0.25, 0.3) is 0 Å². The zero-order valence-electron chi connectivity index (χ0n) is 9.35. The summed E-state index contributed by atoms with van der Waals surface area (Å²) in [6.07, 6.45) is 0. The minimum Gasteiger partial charge on any atom is -0.507 e. The molecular formula is C10H15BN2O4. The van der Waals surface area contributed by atoms with E-state index >= 15 is 0 Å². The van der Waals surface area contributed by atoms with E-state index in [1.165, 1.54) is 12.1 Å². The van der Waals surface area contributed by atoms with E-state index in [9.17, 15) is 9.90 Å². The first-order chi connectivity index (χ1) is 8.19. The van der Waals surface area contributed by atoms with Crippen LogP contribution in [-0.2, 0) is 4.65 Å². The number of benzene rings is 1. The van der Waals surface area contributed by atoms with Crippen LogP contribution in [0.4, 0.5) is 0 Å². The Morgan fingerprint density at radius 3 is 2.94 bits per heavy atom. The first-order valence-corrected chi connectivity index (χ1v) is 5.17. The van der Waals surface area contributed by atoms with Gasteiger partial charge in [-0.05, 0) is 12.1 Å². The summed E-state index contributed by atoms with van der Waals surface area (Å²) in [5, 5.41) is 20.6. The van der Waals surface area contributed by atoms with Gasteiger partial charge in [-0.25, -0.2) is 0 Å². The minimum atomic E-state index is -0.439. The molecule has 1 amide bonds. The standard InChI is InChI=1S/C10H15BN2O4/c12-6-17-11-7-1-2-9(15)8(5-7)10(16)13-3-4-14/h1-2,5,11,14-15H,3-4,6,12H2,(H,13,16). The molecule has 0 aliphatic carbocycles. The van der Waals surface area contributed by atoms with Crippen LogP contribution in [0.1, 0.15) is 10.4 Å². The Labute approximate surface area is 99.7 Å². The fraction of sp³-hybridized carbons (Fsp3) is 0.300. The van der Waals surface area contributed by atoms with E-state index in [0.717, 1.165) is 5.46 Å². The van der Waals surface area contributed by atoms with Gasteiger partial charge < -0.3 is 25.9 Å². The number of rotatable bonds is 6. The summed E-state index contributed by atoms with van der Waals surface area (Å²) in [5.74, 6) is -0.553. The van der Waals surface area contributed by atoms with Crippen molar-refractivity contribution in [3.63, 3.8) is 0 Å². The molecule has 0 atom stereocenters. The second-order valence-electron chi connectivity index (χ2n) is 3.35. The van der Waals surface area contributed by atoms with Crippen molar-refractivity contribution in [1.82, 2.24) is 5.32 Å². The lowest BCUT2D eigenvalue weighted by Gasteiger charge is -2.07. The highest BCUT2D eigenvalue weighted by Crippen LogP contribution is 2.13. The molecular weight excluding hydrogens is 223 g/mol. The third-order valence-corrected chi connectivity index (χ3v) is 2.09. The molecule has 0 saturated carbocycles. The Balaban J connectivity index is 2.78. The lowest BCUT2D eigenvalue weighted by Crippen LogP contribution is -2.28. The number of hydrogen-bond donors (Lipinski definition) is 4. The van der Waals surface area contributed by atoms with Crippen LogP contribution in [0, 0.1) is 0 Å². The Hall–Kier alpha value is -1.57. The Morgan fingerprint density at radius 2 is 2.29 bits per heavy atom. The zero-order chi connectivity index (χ0) is 12.7. The number of hydrogen-bond acceptors (Lipinski definition) is 5. The minimum absolute atomic E-state index is 0.0902. The van der Waals surface area contributed by atoms with Crippen LogP contribution in [-0.4, -0.2) is 43.5 Å². The van der Waals surface area contributed by atoms with Gasteiger partial charge >= 0.3 is 7.48 Å². The number of aliphatic hydroxyl groups is 1. The van der Waals surface area contributed by atoms with Crippen molar-refractivity contribution in [2.45, 2.75) is 0 Å². The highest BCUT2D eigenvalue weighted by molar-refractivity contribution is 6.47. The van der Waals surface area contributed by atoms with Crippen LogP contribution >= 0.6 is 0 Å². The van der Waals surface area contributed by atoms with Crippen molar-refractivity contribution in [2.24, 2.45) is 5.73 Å². The molecule has 0 aliphatic heterocycles. The number of aliphatic hydroxyl groups excluding tert-OH is 1.